The number of aromatic amines is 1. The van der Waals surface area contributed by atoms with Gasteiger partial charge in [0.2, 0.25) is 0 Å². The number of pyridine rings is 2. The molecule has 1 aromatic carbocycles. The van der Waals surface area contributed by atoms with E-state index >= 15 is 0 Å². The zero-order valence-corrected chi connectivity index (χ0v) is 18.7. The molecule has 1 unspecified atom stereocenters. The number of nitrogens with zero attached hydrogens (tertiary/aromatic N) is 5. The maximum Gasteiger partial charge on any atom is 0.163 e. The third kappa shape index (κ3) is 3.67. The quantitative estimate of drug-likeness (QED) is 0.367. The molecule has 0 amide bonds. The molecular formula is C27H23N7. The highest BCUT2D eigenvalue weighted by molar-refractivity contribution is 5.90. The van der Waals surface area contributed by atoms with Crippen LogP contribution in [0.1, 0.15) is 22.7 Å². The van der Waals surface area contributed by atoms with Gasteiger partial charge < -0.3 is 14.7 Å². The van der Waals surface area contributed by atoms with Crippen molar-refractivity contribution in [3.8, 4) is 11.4 Å². The lowest BCUT2D eigenvalue weighted by atomic mass is 9.97. The van der Waals surface area contributed by atoms with Crippen LogP contribution in [0.4, 0.5) is 5.82 Å². The lowest BCUT2D eigenvalue weighted by Crippen LogP contribution is -2.16. The van der Waals surface area contributed by atoms with Gasteiger partial charge in [-0.2, -0.15) is 0 Å². The summed E-state index contributed by atoms with van der Waals surface area (Å²) in [6, 6.07) is 18.4. The van der Waals surface area contributed by atoms with E-state index in [1.165, 1.54) is 0 Å². The van der Waals surface area contributed by atoms with Gasteiger partial charge >= 0.3 is 0 Å². The predicted molar refractivity (Wildman–Crippen MR) is 134 cm³/mol. The Bertz CT molecular complexity index is 1570. The predicted octanol–water partition coefficient (Wildman–Crippen LogP) is 5.22. The second-order valence-corrected chi connectivity index (χ2v) is 8.32. The van der Waals surface area contributed by atoms with Crippen molar-refractivity contribution in [2.45, 2.75) is 12.8 Å². The van der Waals surface area contributed by atoms with E-state index in [2.05, 4.69) is 51.5 Å². The van der Waals surface area contributed by atoms with Crippen molar-refractivity contribution in [1.29, 1.82) is 0 Å². The average Bonchev–Trinajstić information content (AvgIpc) is 3.56. The third-order valence-corrected chi connectivity index (χ3v) is 6.14. The Hall–Kier alpha value is -4.52. The Balaban J connectivity index is 1.42. The minimum absolute atomic E-state index is 0.102. The summed E-state index contributed by atoms with van der Waals surface area (Å²) in [6.45, 7) is 2.73. The van der Waals surface area contributed by atoms with Gasteiger partial charge in [0.1, 0.15) is 11.5 Å². The number of benzene rings is 1. The van der Waals surface area contributed by atoms with Crippen molar-refractivity contribution in [3.05, 3.63) is 109 Å². The summed E-state index contributed by atoms with van der Waals surface area (Å²) in [7, 11) is 0. The highest BCUT2D eigenvalue weighted by Crippen LogP contribution is 2.29. The van der Waals surface area contributed by atoms with E-state index in [1.807, 2.05) is 59.5 Å². The van der Waals surface area contributed by atoms with E-state index in [0.29, 0.717) is 12.4 Å². The van der Waals surface area contributed by atoms with E-state index in [4.69, 9.17) is 9.97 Å². The maximum atomic E-state index is 4.99. The molecule has 34 heavy (non-hydrogen) atoms. The van der Waals surface area contributed by atoms with Crippen molar-refractivity contribution in [2.75, 3.05) is 11.9 Å². The molecule has 0 bridgehead atoms. The number of hydrogen-bond acceptors (Lipinski definition) is 5. The summed E-state index contributed by atoms with van der Waals surface area (Å²) in [5.74, 6) is 1.60. The minimum Gasteiger partial charge on any atom is -0.368 e. The van der Waals surface area contributed by atoms with E-state index in [1.54, 1.807) is 12.4 Å². The summed E-state index contributed by atoms with van der Waals surface area (Å²) >= 11 is 0. The number of aryl methyl sites for hydroxylation is 1. The molecule has 166 valence electrons. The van der Waals surface area contributed by atoms with Crippen molar-refractivity contribution in [2.24, 2.45) is 0 Å². The molecule has 2 N–H and O–H groups in total. The molecule has 5 heterocycles. The third-order valence-electron chi connectivity index (χ3n) is 6.14. The van der Waals surface area contributed by atoms with E-state index < -0.39 is 0 Å². The molecule has 0 saturated carbocycles. The fourth-order valence-corrected chi connectivity index (χ4v) is 4.37. The normalized spacial score (nSPS) is 12.3. The second-order valence-electron chi connectivity index (χ2n) is 8.32. The zero-order chi connectivity index (χ0) is 22.9. The molecule has 5 aromatic heterocycles. The van der Waals surface area contributed by atoms with Crippen molar-refractivity contribution < 1.29 is 0 Å². The van der Waals surface area contributed by atoms with Gasteiger partial charge in [-0.15, -0.1) is 0 Å². The zero-order valence-electron chi connectivity index (χ0n) is 18.7. The van der Waals surface area contributed by atoms with Crippen LogP contribution in [0, 0.1) is 6.92 Å². The topological polar surface area (TPSA) is 83.8 Å². The molecule has 6 aromatic rings. The molecule has 0 radical (unpaired) electrons. The minimum atomic E-state index is 0.102. The highest BCUT2D eigenvalue weighted by Gasteiger charge is 2.18. The largest absolute Gasteiger partial charge is 0.368 e. The molecule has 0 fully saturated rings. The Kier molecular flexibility index (Phi) is 4.99. The fourth-order valence-electron chi connectivity index (χ4n) is 4.37. The van der Waals surface area contributed by atoms with Gasteiger partial charge in [-0.3, -0.25) is 4.98 Å². The van der Waals surface area contributed by atoms with Gasteiger partial charge in [0.25, 0.3) is 0 Å². The Labute approximate surface area is 196 Å². The molecule has 0 aliphatic heterocycles. The van der Waals surface area contributed by atoms with Gasteiger partial charge in [-0.25, -0.2) is 15.0 Å². The number of nitrogens with one attached hydrogen (secondary N) is 2. The lowest BCUT2D eigenvalue weighted by Gasteiger charge is -2.18. The number of aromatic nitrogens is 6. The number of anilines is 1. The van der Waals surface area contributed by atoms with Gasteiger partial charge in [0, 0.05) is 66.3 Å². The lowest BCUT2D eigenvalue weighted by molar-refractivity contribution is 0.816. The van der Waals surface area contributed by atoms with Crippen LogP contribution in [0.15, 0.2) is 91.8 Å². The number of imidazole rings is 1. The van der Waals surface area contributed by atoms with Crippen LogP contribution in [-0.4, -0.2) is 35.9 Å². The van der Waals surface area contributed by atoms with Crippen LogP contribution in [0.25, 0.3) is 27.9 Å². The van der Waals surface area contributed by atoms with E-state index in [0.717, 1.165) is 44.8 Å². The number of rotatable bonds is 6. The Morgan fingerprint density at radius 1 is 1.03 bits per heavy atom. The highest BCUT2D eigenvalue weighted by atomic mass is 15.0. The van der Waals surface area contributed by atoms with Crippen LogP contribution in [-0.2, 0) is 0 Å². The van der Waals surface area contributed by atoms with Crippen LogP contribution < -0.4 is 5.32 Å². The van der Waals surface area contributed by atoms with Crippen LogP contribution in [0.5, 0.6) is 0 Å². The van der Waals surface area contributed by atoms with Crippen molar-refractivity contribution in [1.82, 2.24) is 29.3 Å². The molecule has 6 rings (SSSR count). The molecule has 0 spiro atoms. The molecule has 7 heteroatoms. The standard InChI is InChI=1S/C27H23N7/c1-18-14-25-30-12-13-34(25)17-22(18)27-32-24-8-3-2-7-20(24)26(33-27)31-16-21(23-9-5-11-29-23)19-6-4-10-28-15-19/h2-15,17,21,29H,16H2,1H3,(H,31,32,33). The number of para-hydroxylation sites is 1. The number of hydrogen-bond donors (Lipinski definition) is 2. The first-order chi connectivity index (χ1) is 16.8. The summed E-state index contributed by atoms with van der Waals surface area (Å²) in [5, 5.41) is 4.61. The van der Waals surface area contributed by atoms with E-state index in [-0.39, 0.29) is 5.92 Å². The second kappa shape index (κ2) is 8.44. The van der Waals surface area contributed by atoms with Crippen molar-refractivity contribution >= 4 is 22.4 Å². The van der Waals surface area contributed by atoms with Crippen LogP contribution >= 0.6 is 0 Å². The summed E-state index contributed by atoms with van der Waals surface area (Å²) in [5.41, 5.74) is 6.13. The first-order valence-corrected chi connectivity index (χ1v) is 11.2. The van der Waals surface area contributed by atoms with Gasteiger partial charge in [0.05, 0.1) is 5.52 Å². The SMILES string of the molecule is Cc1cc2nccn2cc1-c1nc(NCC(c2cccnc2)c2ccc[nH]2)c2ccccc2n1. The fraction of sp³-hybridized carbons (Fsp3) is 0.111. The first kappa shape index (κ1) is 20.1. The smallest absolute Gasteiger partial charge is 0.163 e. The molecular weight excluding hydrogens is 422 g/mol. The van der Waals surface area contributed by atoms with E-state index in [9.17, 15) is 0 Å². The maximum absolute atomic E-state index is 4.99. The average molecular weight is 446 g/mol. The van der Waals surface area contributed by atoms with Gasteiger partial charge in [0.15, 0.2) is 5.82 Å². The molecule has 0 saturated heterocycles. The van der Waals surface area contributed by atoms with Crippen molar-refractivity contribution in [3.63, 3.8) is 0 Å². The molecule has 1 atom stereocenters. The number of fused-ring (bicyclic) bond motifs is 2. The van der Waals surface area contributed by atoms with Crippen LogP contribution in [0.2, 0.25) is 0 Å². The summed E-state index contributed by atoms with van der Waals surface area (Å²) in [6.07, 6.45) is 11.4. The van der Waals surface area contributed by atoms with Crippen LogP contribution in [0.3, 0.4) is 0 Å². The number of H-pyrrole nitrogens is 1. The summed E-state index contributed by atoms with van der Waals surface area (Å²) < 4.78 is 2.00. The Morgan fingerprint density at radius 2 is 1.97 bits per heavy atom. The monoisotopic (exact) mass is 445 g/mol. The first-order valence-electron chi connectivity index (χ1n) is 11.2. The van der Waals surface area contributed by atoms with Gasteiger partial charge in [-0.05, 0) is 54.4 Å². The molecule has 0 aliphatic carbocycles. The Morgan fingerprint density at radius 3 is 2.82 bits per heavy atom. The molecule has 0 aliphatic rings. The van der Waals surface area contributed by atoms with Gasteiger partial charge in [-0.1, -0.05) is 18.2 Å². The summed E-state index contributed by atoms with van der Waals surface area (Å²) in [4.78, 5) is 22.0. The molecule has 7 nitrogen and oxygen atoms in total.